The average molecular weight is 219 g/mol. The summed E-state index contributed by atoms with van der Waals surface area (Å²) in [6.07, 6.45) is 0. The molecule has 0 saturated heterocycles. The third-order valence-corrected chi connectivity index (χ3v) is 1.64. The van der Waals surface area contributed by atoms with Crippen molar-refractivity contribution in [1.29, 1.82) is 0 Å². The lowest BCUT2D eigenvalue weighted by Crippen LogP contribution is -2.06. The Bertz CT molecular complexity index is 346. The van der Waals surface area contributed by atoms with Crippen LogP contribution < -0.4 is 5.32 Å². The van der Waals surface area contributed by atoms with Crippen molar-refractivity contribution in [3.05, 3.63) is 22.8 Å². The van der Waals surface area contributed by atoms with Crippen LogP contribution in [0.25, 0.3) is 0 Å². The number of anilines is 1. The van der Waals surface area contributed by atoms with Crippen molar-refractivity contribution in [3.8, 4) is 0 Å². The zero-order valence-electron chi connectivity index (χ0n) is 7.13. The van der Waals surface area contributed by atoms with E-state index in [-0.39, 0.29) is 23.1 Å². The number of nitrogens with zero attached hydrogens (tertiary/aromatic N) is 1. The van der Waals surface area contributed by atoms with Crippen LogP contribution in [0, 0.1) is 0 Å². The van der Waals surface area contributed by atoms with Crippen LogP contribution in [-0.4, -0.2) is 29.3 Å². The fourth-order valence-corrected chi connectivity index (χ4v) is 1.09. The third kappa shape index (κ3) is 2.85. The van der Waals surface area contributed by atoms with Crippen molar-refractivity contribution in [2.75, 3.05) is 18.5 Å². The molecule has 0 fully saturated rings. The van der Waals surface area contributed by atoms with Gasteiger partial charge in [0.2, 0.25) is 0 Å². The zero-order chi connectivity index (χ0) is 10.6. The summed E-state index contributed by atoms with van der Waals surface area (Å²) in [6, 6.07) is 2.52. The molecule has 1 heterocycles. The Kier molecular flexibility index (Phi) is 3.64. The number of carboxylic acid groups (broad SMARTS) is 1. The molecule has 0 spiro atoms. The van der Waals surface area contributed by atoms with Gasteiger partial charge < -0.3 is 10.4 Å². The highest BCUT2D eigenvalue weighted by molar-refractivity contribution is 6.29. The van der Waals surface area contributed by atoms with E-state index in [4.69, 9.17) is 16.7 Å². The maximum atomic E-state index is 11.8. The molecule has 76 valence electrons. The van der Waals surface area contributed by atoms with E-state index in [9.17, 15) is 9.18 Å². The first-order chi connectivity index (χ1) is 6.63. The Labute approximate surface area is 84.7 Å². The molecule has 0 unspecified atom stereocenters. The number of hydrogen-bond donors (Lipinski definition) is 2. The van der Waals surface area contributed by atoms with Crippen LogP contribution in [-0.2, 0) is 0 Å². The van der Waals surface area contributed by atoms with Gasteiger partial charge in [0.05, 0.1) is 5.56 Å². The molecule has 14 heavy (non-hydrogen) atoms. The molecule has 1 rings (SSSR count). The van der Waals surface area contributed by atoms with Gasteiger partial charge >= 0.3 is 5.97 Å². The number of hydrogen-bond acceptors (Lipinski definition) is 3. The van der Waals surface area contributed by atoms with Gasteiger partial charge in [-0.05, 0) is 12.1 Å². The molecule has 0 bridgehead atoms. The van der Waals surface area contributed by atoms with Gasteiger partial charge in [-0.25, -0.2) is 14.2 Å². The minimum Gasteiger partial charge on any atom is -0.478 e. The first-order valence-corrected chi connectivity index (χ1v) is 4.22. The van der Waals surface area contributed by atoms with Gasteiger partial charge in [-0.3, -0.25) is 0 Å². The number of rotatable bonds is 4. The first kappa shape index (κ1) is 10.7. The monoisotopic (exact) mass is 218 g/mol. The van der Waals surface area contributed by atoms with Gasteiger partial charge in [-0.2, -0.15) is 0 Å². The summed E-state index contributed by atoms with van der Waals surface area (Å²) in [4.78, 5) is 14.4. The maximum Gasteiger partial charge on any atom is 0.335 e. The highest BCUT2D eigenvalue weighted by atomic mass is 35.5. The van der Waals surface area contributed by atoms with Crippen LogP contribution in [0.15, 0.2) is 12.1 Å². The van der Waals surface area contributed by atoms with Crippen molar-refractivity contribution < 1.29 is 14.3 Å². The van der Waals surface area contributed by atoms with Crippen LogP contribution in [0.3, 0.4) is 0 Å². The topological polar surface area (TPSA) is 62.2 Å². The van der Waals surface area contributed by atoms with Crippen molar-refractivity contribution in [2.24, 2.45) is 0 Å². The van der Waals surface area contributed by atoms with Gasteiger partial charge in [0.25, 0.3) is 0 Å². The molecule has 1 aromatic rings. The number of aromatic carboxylic acids is 1. The Morgan fingerprint density at radius 1 is 1.64 bits per heavy atom. The van der Waals surface area contributed by atoms with E-state index >= 15 is 0 Å². The number of pyridine rings is 1. The highest BCUT2D eigenvalue weighted by Gasteiger charge is 2.06. The molecule has 4 nitrogen and oxygen atoms in total. The normalized spacial score (nSPS) is 9.86. The molecule has 0 atom stereocenters. The van der Waals surface area contributed by atoms with Gasteiger partial charge in [0.15, 0.2) is 0 Å². The number of alkyl halides is 1. The van der Waals surface area contributed by atoms with Gasteiger partial charge in [0.1, 0.15) is 17.6 Å². The number of halogens is 2. The number of nitrogens with one attached hydrogen (secondary N) is 1. The fourth-order valence-electron chi connectivity index (χ4n) is 0.886. The molecule has 0 aliphatic rings. The summed E-state index contributed by atoms with van der Waals surface area (Å²) in [7, 11) is 0. The molecule has 0 aliphatic heterocycles. The number of carboxylic acids is 1. The standard InChI is InChI=1S/C8H8ClFN2O2/c9-6-3-5(8(13)14)4-7(12-6)11-2-1-10/h3-4H,1-2H2,(H,11,12)(H,13,14). The zero-order valence-corrected chi connectivity index (χ0v) is 7.88. The molecule has 0 amide bonds. The summed E-state index contributed by atoms with van der Waals surface area (Å²) in [5.41, 5.74) is 0.0198. The van der Waals surface area contributed by atoms with E-state index in [1.54, 1.807) is 0 Å². The molecular formula is C8H8ClFN2O2. The highest BCUT2D eigenvalue weighted by Crippen LogP contribution is 2.14. The van der Waals surface area contributed by atoms with Gasteiger partial charge in [-0.15, -0.1) is 0 Å². The first-order valence-electron chi connectivity index (χ1n) is 3.84. The van der Waals surface area contributed by atoms with Crippen LogP contribution >= 0.6 is 11.6 Å². The predicted molar refractivity (Wildman–Crippen MR) is 50.7 cm³/mol. The Hall–Kier alpha value is -1.36. The van der Waals surface area contributed by atoms with Crippen LogP contribution in [0.5, 0.6) is 0 Å². The van der Waals surface area contributed by atoms with Crippen molar-refractivity contribution in [3.63, 3.8) is 0 Å². The van der Waals surface area contributed by atoms with E-state index in [1.165, 1.54) is 12.1 Å². The Balaban J connectivity index is 2.89. The lowest BCUT2D eigenvalue weighted by Gasteiger charge is -2.04. The molecule has 6 heteroatoms. The Morgan fingerprint density at radius 3 is 2.93 bits per heavy atom. The average Bonchev–Trinajstić information content (AvgIpc) is 2.14. The predicted octanol–water partition coefficient (Wildman–Crippen LogP) is 1.81. The van der Waals surface area contributed by atoms with Gasteiger partial charge in [0, 0.05) is 6.54 Å². The SMILES string of the molecule is O=C(O)c1cc(Cl)nc(NCCF)c1. The van der Waals surface area contributed by atoms with Crippen molar-refractivity contribution in [1.82, 2.24) is 4.98 Å². The molecule has 0 aromatic carbocycles. The molecule has 0 radical (unpaired) electrons. The van der Waals surface area contributed by atoms with Gasteiger partial charge in [-0.1, -0.05) is 11.6 Å². The fraction of sp³-hybridized carbons (Fsp3) is 0.250. The van der Waals surface area contributed by atoms with E-state index in [0.717, 1.165) is 0 Å². The minimum atomic E-state index is -1.10. The second-order valence-corrected chi connectivity index (χ2v) is 2.87. The second-order valence-electron chi connectivity index (χ2n) is 2.48. The van der Waals surface area contributed by atoms with Crippen molar-refractivity contribution in [2.45, 2.75) is 0 Å². The minimum absolute atomic E-state index is 0.0198. The second kappa shape index (κ2) is 4.76. The molecule has 0 aliphatic carbocycles. The summed E-state index contributed by atoms with van der Waals surface area (Å²) in [5, 5.41) is 11.3. The smallest absolute Gasteiger partial charge is 0.335 e. The molecule has 0 saturated carbocycles. The maximum absolute atomic E-state index is 11.8. The van der Waals surface area contributed by atoms with Crippen molar-refractivity contribution >= 4 is 23.4 Å². The van der Waals surface area contributed by atoms with Crippen LogP contribution in [0.1, 0.15) is 10.4 Å². The third-order valence-electron chi connectivity index (χ3n) is 1.44. The van der Waals surface area contributed by atoms with Crippen LogP contribution in [0.4, 0.5) is 10.2 Å². The summed E-state index contributed by atoms with van der Waals surface area (Å²) in [5.74, 6) is -0.842. The summed E-state index contributed by atoms with van der Waals surface area (Å²) >= 11 is 5.56. The van der Waals surface area contributed by atoms with E-state index in [1.807, 2.05) is 0 Å². The van der Waals surface area contributed by atoms with E-state index < -0.39 is 12.6 Å². The Morgan fingerprint density at radius 2 is 2.36 bits per heavy atom. The number of aromatic nitrogens is 1. The largest absolute Gasteiger partial charge is 0.478 e. The van der Waals surface area contributed by atoms with E-state index in [2.05, 4.69) is 10.3 Å². The summed E-state index contributed by atoms with van der Waals surface area (Å²) in [6.45, 7) is -0.483. The lowest BCUT2D eigenvalue weighted by atomic mass is 10.2. The number of carbonyl (C=O) groups is 1. The molecule has 1 aromatic heterocycles. The molecule has 2 N–H and O–H groups in total. The van der Waals surface area contributed by atoms with Crippen LogP contribution in [0.2, 0.25) is 5.15 Å². The quantitative estimate of drug-likeness (QED) is 0.757. The molecular weight excluding hydrogens is 211 g/mol. The summed E-state index contributed by atoms with van der Waals surface area (Å²) < 4.78 is 11.8. The lowest BCUT2D eigenvalue weighted by molar-refractivity contribution is 0.0697. The van der Waals surface area contributed by atoms with E-state index in [0.29, 0.717) is 0 Å².